The van der Waals surface area contributed by atoms with E-state index in [4.69, 9.17) is 21.1 Å². The predicted molar refractivity (Wildman–Crippen MR) is 85.3 cm³/mol. The van der Waals surface area contributed by atoms with Gasteiger partial charge in [-0.2, -0.15) is 0 Å². The number of ether oxygens (including phenoxy) is 2. The van der Waals surface area contributed by atoms with E-state index in [0.717, 1.165) is 11.3 Å². The fourth-order valence-electron chi connectivity index (χ4n) is 1.80. The maximum absolute atomic E-state index is 12.3. The van der Waals surface area contributed by atoms with Gasteiger partial charge in [-0.1, -0.05) is 11.6 Å². The minimum Gasteiger partial charge on any atom is -0.486 e. The van der Waals surface area contributed by atoms with Crippen LogP contribution in [0.3, 0.4) is 0 Å². The normalized spacial score (nSPS) is 14.0. The van der Waals surface area contributed by atoms with Crippen LogP contribution in [0.4, 0.5) is 5.69 Å². The molecule has 0 saturated heterocycles. The highest BCUT2D eigenvalue weighted by atomic mass is 79.9. The van der Waals surface area contributed by atoms with Gasteiger partial charge in [0.25, 0.3) is 10.0 Å². The molecule has 0 fully saturated rings. The van der Waals surface area contributed by atoms with Gasteiger partial charge in [-0.05, 0) is 27.4 Å². The summed E-state index contributed by atoms with van der Waals surface area (Å²) in [6, 6.07) is 4.73. The molecule has 0 radical (unpaired) electrons. The fraction of sp³-hybridized carbons (Fsp3) is 0.167. The van der Waals surface area contributed by atoms with Crippen LogP contribution in [-0.4, -0.2) is 21.6 Å². The molecule has 1 N–H and O–H groups in total. The first-order chi connectivity index (χ1) is 9.97. The molecule has 0 atom stereocenters. The fourth-order valence-corrected chi connectivity index (χ4v) is 5.47. The van der Waals surface area contributed by atoms with Gasteiger partial charge < -0.3 is 9.47 Å². The average Bonchev–Trinajstić information content (AvgIpc) is 2.86. The molecule has 9 heteroatoms. The van der Waals surface area contributed by atoms with Gasteiger partial charge in [-0.15, -0.1) is 11.3 Å². The number of anilines is 1. The molecule has 2 aromatic rings. The lowest BCUT2D eigenvalue weighted by Gasteiger charge is -2.20. The van der Waals surface area contributed by atoms with E-state index < -0.39 is 10.0 Å². The molecule has 5 nitrogen and oxygen atoms in total. The van der Waals surface area contributed by atoms with Gasteiger partial charge in [-0.3, -0.25) is 4.72 Å². The van der Waals surface area contributed by atoms with E-state index in [1.54, 1.807) is 11.4 Å². The highest BCUT2D eigenvalue weighted by molar-refractivity contribution is 9.10. The van der Waals surface area contributed by atoms with Crippen LogP contribution < -0.4 is 14.2 Å². The number of fused-ring (bicyclic) bond motifs is 1. The van der Waals surface area contributed by atoms with Crippen LogP contribution in [-0.2, 0) is 10.0 Å². The number of thiophene rings is 1. The highest BCUT2D eigenvalue weighted by Crippen LogP contribution is 2.39. The van der Waals surface area contributed by atoms with Gasteiger partial charge >= 0.3 is 0 Å². The molecule has 3 rings (SSSR count). The SMILES string of the molecule is O=S(=O)(Nc1cc2c(cc1Cl)OCCO2)c1sccc1Br. The molecular weight excluding hydrogens is 402 g/mol. The lowest BCUT2D eigenvalue weighted by molar-refractivity contribution is 0.171. The monoisotopic (exact) mass is 409 g/mol. The van der Waals surface area contributed by atoms with Crippen LogP contribution in [0.1, 0.15) is 0 Å². The zero-order chi connectivity index (χ0) is 15.0. The number of rotatable bonds is 3. The van der Waals surface area contributed by atoms with Crippen molar-refractivity contribution in [3.8, 4) is 11.5 Å². The van der Waals surface area contributed by atoms with Gasteiger partial charge in [0.1, 0.15) is 13.2 Å². The third-order valence-electron chi connectivity index (χ3n) is 2.70. The summed E-state index contributed by atoms with van der Waals surface area (Å²) in [5, 5.41) is 1.93. The van der Waals surface area contributed by atoms with Gasteiger partial charge in [0.05, 0.1) is 10.7 Å². The van der Waals surface area contributed by atoms with E-state index in [1.165, 1.54) is 12.1 Å². The molecule has 0 bridgehead atoms. The first kappa shape index (κ1) is 15.0. The quantitative estimate of drug-likeness (QED) is 0.837. The number of hydrogen-bond acceptors (Lipinski definition) is 5. The summed E-state index contributed by atoms with van der Waals surface area (Å²) in [6.07, 6.45) is 0. The number of benzene rings is 1. The summed E-state index contributed by atoms with van der Waals surface area (Å²) >= 11 is 10.4. The molecule has 0 spiro atoms. The van der Waals surface area contributed by atoms with E-state index in [1.807, 2.05) is 0 Å². The van der Waals surface area contributed by atoms with Crippen molar-refractivity contribution in [3.05, 3.63) is 33.1 Å². The summed E-state index contributed by atoms with van der Waals surface area (Å²) in [5.41, 5.74) is 0.251. The van der Waals surface area contributed by atoms with E-state index in [9.17, 15) is 8.42 Å². The molecule has 1 aliphatic rings. The average molecular weight is 411 g/mol. The van der Waals surface area contributed by atoms with Crippen molar-refractivity contribution < 1.29 is 17.9 Å². The zero-order valence-corrected chi connectivity index (χ0v) is 14.4. The topological polar surface area (TPSA) is 64.6 Å². The van der Waals surface area contributed by atoms with Crippen LogP contribution >= 0.6 is 38.9 Å². The van der Waals surface area contributed by atoms with E-state index in [2.05, 4.69) is 20.7 Å². The van der Waals surface area contributed by atoms with Crippen molar-refractivity contribution in [1.82, 2.24) is 0 Å². The van der Waals surface area contributed by atoms with Crippen LogP contribution in [0, 0.1) is 0 Å². The smallest absolute Gasteiger partial charge is 0.272 e. The molecule has 21 heavy (non-hydrogen) atoms. The number of sulfonamides is 1. The maximum Gasteiger partial charge on any atom is 0.272 e. The van der Waals surface area contributed by atoms with Gasteiger partial charge in [0.15, 0.2) is 15.7 Å². The molecule has 112 valence electrons. The van der Waals surface area contributed by atoms with Crippen molar-refractivity contribution in [2.45, 2.75) is 4.21 Å². The number of halogens is 2. The van der Waals surface area contributed by atoms with Crippen molar-refractivity contribution in [2.24, 2.45) is 0 Å². The second-order valence-electron chi connectivity index (χ2n) is 4.14. The van der Waals surface area contributed by atoms with E-state index in [0.29, 0.717) is 29.2 Å². The lowest BCUT2D eigenvalue weighted by Crippen LogP contribution is -2.17. The molecule has 0 saturated carbocycles. The summed E-state index contributed by atoms with van der Waals surface area (Å²) in [4.78, 5) is 0. The van der Waals surface area contributed by atoms with Gasteiger partial charge in [0, 0.05) is 16.6 Å². The second kappa shape index (κ2) is 5.68. The standard InChI is InChI=1S/C12H9BrClNO4S2/c13-7-1-4-20-12(7)21(16,17)15-9-6-11-10(5-8(9)14)18-2-3-19-11/h1,4-6,15H,2-3H2. The second-order valence-corrected chi connectivity index (χ2v) is 8.19. The predicted octanol–water partition coefficient (Wildman–Crippen LogP) is 3.74. The van der Waals surface area contributed by atoms with Crippen LogP contribution in [0.25, 0.3) is 0 Å². The van der Waals surface area contributed by atoms with Crippen molar-refractivity contribution in [2.75, 3.05) is 17.9 Å². The lowest BCUT2D eigenvalue weighted by atomic mass is 10.2. The Hall–Kier alpha value is -0.960. The maximum atomic E-state index is 12.3. The van der Waals surface area contributed by atoms with Gasteiger partial charge in [0.2, 0.25) is 0 Å². The van der Waals surface area contributed by atoms with E-state index >= 15 is 0 Å². The Bertz CT molecular complexity index is 791. The minimum absolute atomic E-state index is 0.188. The number of nitrogens with one attached hydrogen (secondary N) is 1. The Morgan fingerprint density at radius 1 is 1.24 bits per heavy atom. The van der Waals surface area contributed by atoms with Crippen molar-refractivity contribution in [3.63, 3.8) is 0 Å². The number of hydrogen-bond donors (Lipinski definition) is 1. The highest BCUT2D eigenvalue weighted by Gasteiger charge is 2.22. The molecule has 0 amide bonds. The molecular formula is C12H9BrClNO4S2. The summed E-state index contributed by atoms with van der Waals surface area (Å²) < 4.78 is 38.7. The van der Waals surface area contributed by atoms with E-state index in [-0.39, 0.29) is 14.9 Å². The Morgan fingerprint density at radius 3 is 2.52 bits per heavy atom. The first-order valence-electron chi connectivity index (χ1n) is 5.82. The molecule has 0 unspecified atom stereocenters. The van der Waals surface area contributed by atoms with Crippen LogP contribution in [0.5, 0.6) is 11.5 Å². The third-order valence-corrected chi connectivity index (χ3v) is 7.05. The molecule has 1 aromatic carbocycles. The van der Waals surface area contributed by atoms with Crippen molar-refractivity contribution >= 4 is 54.6 Å². The molecule has 1 aliphatic heterocycles. The Balaban J connectivity index is 1.97. The Morgan fingerprint density at radius 2 is 1.90 bits per heavy atom. The van der Waals surface area contributed by atoms with Crippen molar-refractivity contribution in [1.29, 1.82) is 0 Å². The van der Waals surface area contributed by atoms with Crippen LogP contribution in [0.15, 0.2) is 32.3 Å². The minimum atomic E-state index is -3.71. The zero-order valence-electron chi connectivity index (χ0n) is 10.4. The molecule has 1 aromatic heterocycles. The summed E-state index contributed by atoms with van der Waals surface area (Å²) in [6.45, 7) is 0.855. The molecule has 2 heterocycles. The largest absolute Gasteiger partial charge is 0.486 e. The summed E-state index contributed by atoms with van der Waals surface area (Å²) in [7, 11) is -3.71. The molecule has 0 aliphatic carbocycles. The summed E-state index contributed by atoms with van der Waals surface area (Å²) in [5.74, 6) is 0.972. The Labute approximate surface area is 139 Å². The van der Waals surface area contributed by atoms with Crippen LogP contribution in [0.2, 0.25) is 5.02 Å². The van der Waals surface area contributed by atoms with Gasteiger partial charge in [-0.25, -0.2) is 8.42 Å². The Kier molecular flexibility index (Phi) is 4.04. The first-order valence-corrected chi connectivity index (χ1v) is 9.36. The third kappa shape index (κ3) is 2.98.